The molecule has 0 aliphatic rings. The summed E-state index contributed by atoms with van der Waals surface area (Å²) in [6.07, 6.45) is 5.43. The predicted molar refractivity (Wildman–Crippen MR) is 99.8 cm³/mol. The highest BCUT2D eigenvalue weighted by molar-refractivity contribution is 6.05. The van der Waals surface area contributed by atoms with E-state index in [2.05, 4.69) is 25.6 Å². The highest BCUT2D eigenvalue weighted by Crippen LogP contribution is 2.30. The first-order chi connectivity index (χ1) is 12.4. The van der Waals surface area contributed by atoms with Crippen LogP contribution in [0.5, 0.6) is 0 Å². The summed E-state index contributed by atoms with van der Waals surface area (Å²) in [6.45, 7) is 1.72. The number of pyridine rings is 1. The molecule has 0 spiro atoms. The van der Waals surface area contributed by atoms with Crippen molar-refractivity contribution >= 4 is 33.7 Å². The van der Waals surface area contributed by atoms with Gasteiger partial charge in [0.25, 0.3) is 0 Å². The summed E-state index contributed by atoms with van der Waals surface area (Å²) < 4.78 is 5.91. The van der Waals surface area contributed by atoms with Crippen molar-refractivity contribution in [2.75, 3.05) is 23.7 Å². The SMILES string of the molecule is c1ccc(NCCCCNc2ncnc3c2oc2ccccc23)nc1. The molecule has 0 saturated heterocycles. The quantitative estimate of drug-likeness (QED) is 0.496. The maximum atomic E-state index is 5.91. The summed E-state index contributed by atoms with van der Waals surface area (Å²) in [7, 11) is 0. The Morgan fingerprint density at radius 3 is 2.56 bits per heavy atom. The molecular weight excluding hydrogens is 314 g/mol. The smallest absolute Gasteiger partial charge is 0.196 e. The van der Waals surface area contributed by atoms with Gasteiger partial charge in [0.2, 0.25) is 0 Å². The number of rotatable bonds is 7. The third-order valence-corrected chi connectivity index (χ3v) is 4.03. The maximum Gasteiger partial charge on any atom is 0.196 e. The molecule has 0 bridgehead atoms. The van der Waals surface area contributed by atoms with Crippen LogP contribution in [0, 0.1) is 0 Å². The van der Waals surface area contributed by atoms with Crippen molar-refractivity contribution in [3.63, 3.8) is 0 Å². The first-order valence-electron chi connectivity index (χ1n) is 8.43. The number of nitrogens with one attached hydrogen (secondary N) is 2. The lowest BCUT2D eigenvalue weighted by molar-refractivity contribution is 0.666. The molecule has 6 nitrogen and oxygen atoms in total. The fourth-order valence-electron chi connectivity index (χ4n) is 2.79. The van der Waals surface area contributed by atoms with E-state index in [4.69, 9.17) is 4.42 Å². The average Bonchev–Trinajstić information content (AvgIpc) is 3.05. The van der Waals surface area contributed by atoms with Gasteiger partial charge in [-0.25, -0.2) is 15.0 Å². The molecule has 0 aliphatic heterocycles. The molecule has 0 fully saturated rings. The van der Waals surface area contributed by atoms with Crippen LogP contribution >= 0.6 is 0 Å². The molecule has 0 atom stereocenters. The largest absolute Gasteiger partial charge is 0.450 e. The number of nitrogens with zero attached hydrogens (tertiary/aromatic N) is 3. The summed E-state index contributed by atoms with van der Waals surface area (Å²) in [6, 6.07) is 13.8. The number of fused-ring (bicyclic) bond motifs is 3. The fourth-order valence-corrected chi connectivity index (χ4v) is 2.79. The van der Waals surface area contributed by atoms with Crippen molar-refractivity contribution in [1.29, 1.82) is 0 Å². The van der Waals surface area contributed by atoms with Gasteiger partial charge in [-0.1, -0.05) is 18.2 Å². The summed E-state index contributed by atoms with van der Waals surface area (Å²) >= 11 is 0. The highest BCUT2D eigenvalue weighted by Gasteiger charge is 2.12. The Morgan fingerprint density at radius 1 is 0.840 bits per heavy atom. The van der Waals surface area contributed by atoms with Gasteiger partial charge in [-0.3, -0.25) is 0 Å². The van der Waals surface area contributed by atoms with Crippen molar-refractivity contribution in [2.24, 2.45) is 0 Å². The summed E-state index contributed by atoms with van der Waals surface area (Å²) in [5, 5.41) is 7.68. The minimum Gasteiger partial charge on any atom is -0.450 e. The maximum absolute atomic E-state index is 5.91. The van der Waals surface area contributed by atoms with E-state index < -0.39 is 0 Å². The fraction of sp³-hybridized carbons (Fsp3) is 0.211. The monoisotopic (exact) mass is 333 g/mol. The number of para-hydroxylation sites is 1. The van der Waals surface area contributed by atoms with Crippen LogP contribution in [-0.2, 0) is 0 Å². The summed E-state index contributed by atoms with van der Waals surface area (Å²) in [4.78, 5) is 12.9. The Balaban J connectivity index is 1.34. The van der Waals surface area contributed by atoms with E-state index in [-0.39, 0.29) is 0 Å². The highest BCUT2D eigenvalue weighted by atomic mass is 16.3. The first-order valence-corrected chi connectivity index (χ1v) is 8.43. The molecule has 0 unspecified atom stereocenters. The second-order valence-corrected chi connectivity index (χ2v) is 5.77. The van der Waals surface area contributed by atoms with Gasteiger partial charge < -0.3 is 15.1 Å². The third kappa shape index (κ3) is 3.38. The molecule has 2 N–H and O–H groups in total. The van der Waals surface area contributed by atoms with Crippen LogP contribution in [0.25, 0.3) is 22.1 Å². The number of anilines is 2. The predicted octanol–water partition coefficient (Wildman–Crippen LogP) is 4.08. The molecule has 126 valence electrons. The van der Waals surface area contributed by atoms with Crippen molar-refractivity contribution in [2.45, 2.75) is 12.8 Å². The summed E-state index contributed by atoms with van der Waals surface area (Å²) in [5.41, 5.74) is 2.40. The zero-order valence-corrected chi connectivity index (χ0v) is 13.8. The molecule has 4 rings (SSSR count). The van der Waals surface area contributed by atoms with Crippen molar-refractivity contribution in [3.8, 4) is 0 Å². The molecule has 0 aliphatic carbocycles. The lowest BCUT2D eigenvalue weighted by Gasteiger charge is -2.07. The molecule has 6 heteroatoms. The standard InChI is InChI=1S/C19H19N5O/c1-2-8-15-14(7-1)17-18(25-15)19(24-13-23-17)22-12-6-5-11-21-16-9-3-4-10-20-16/h1-4,7-10,13H,5-6,11-12H2,(H,20,21)(H,22,23,24). The van der Waals surface area contributed by atoms with Gasteiger partial charge in [0.1, 0.15) is 23.2 Å². The molecular formula is C19H19N5O. The number of benzene rings is 1. The number of hydrogen-bond donors (Lipinski definition) is 2. The van der Waals surface area contributed by atoms with Crippen LogP contribution in [0.1, 0.15) is 12.8 Å². The van der Waals surface area contributed by atoms with Crippen LogP contribution in [0.4, 0.5) is 11.6 Å². The molecule has 3 heterocycles. The van der Waals surface area contributed by atoms with Crippen LogP contribution in [-0.4, -0.2) is 28.0 Å². The average molecular weight is 333 g/mol. The molecule has 25 heavy (non-hydrogen) atoms. The van der Waals surface area contributed by atoms with E-state index >= 15 is 0 Å². The molecule has 1 aromatic carbocycles. The number of aromatic nitrogens is 3. The number of hydrogen-bond acceptors (Lipinski definition) is 6. The lowest BCUT2D eigenvalue weighted by Crippen LogP contribution is -2.08. The minimum atomic E-state index is 0.718. The topological polar surface area (TPSA) is 75.9 Å². The van der Waals surface area contributed by atoms with Crippen molar-refractivity contribution in [1.82, 2.24) is 15.0 Å². The van der Waals surface area contributed by atoms with Gasteiger partial charge in [0, 0.05) is 24.7 Å². The zero-order valence-electron chi connectivity index (χ0n) is 13.8. The lowest BCUT2D eigenvalue weighted by atomic mass is 10.2. The Hall–Kier alpha value is -3.15. The first kappa shape index (κ1) is 15.4. The minimum absolute atomic E-state index is 0.718. The van der Waals surface area contributed by atoms with Crippen LogP contribution in [0.3, 0.4) is 0 Å². The van der Waals surface area contributed by atoms with Gasteiger partial charge in [-0.05, 0) is 37.1 Å². The number of unbranched alkanes of at least 4 members (excludes halogenated alkanes) is 1. The Kier molecular flexibility index (Phi) is 4.41. The van der Waals surface area contributed by atoms with Crippen LogP contribution in [0.15, 0.2) is 59.4 Å². The normalized spacial score (nSPS) is 11.0. The molecule has 0 saturated carbocycles. The second kappa shape index (κ2) is 7.17. The Labute approximate surface area is 145 Å². The van der Waals surface area contributed by atoms with E-state index in [0.29, 0.717) is 0 Å². The van der Waals surface area contributed by atoms with Gasteiger partial charge in [-0.15, -0.1) is 0 Å². The van der Waals surface area contributed by atoms with Crippen LogP contribution in [0.2, 0.25) is 0 Å². The van der Waals surface area contributed by atoms with Crippen LogP contribution < -0.4 is 10.6 Å². The number of furan rings is 1. The molecule has 0 amide bonds. The molecule has 3 aromatic heterocycles. The van der Waals surface area contributed by atoms with Crippen molar-refractivity contribution < 1.29 is 4.42 Å². The second-order valence-electron chi connectivity index (χ2n) is 5.77. The Morgan fingerprint density at radius 2 is 1.68 bits per heavy atom. The van der Waals surface area contributed by atoms with Gasteiger partial charge in [0.05, 0.1) is 0 Å². The summed E-state index contributed by atoms with van der Waals surface area (Å²) in [5.74, 6) is 1.66. The molecule has 4 aromatic rings. The van der Waals surface area contributed by atoms with E-state index in [1.54, 1.807) is 12.5 Å². The van der Waals surface area contributed by atoms with Gasteiger partial charge in [-0.2, -0.15) is 0 Å². The van der Waals surface area contributed by atoms with Crippen molar-refractivity contribution in [3.05, 3.63) is 55.0 Å². The molecule has 0 radical (unpaired) electrons. The Bertz CT molecular complexity index is 967. The van der Waals surface area contributed by atoms with Gasteiger partial charge in [0.15, 0.2) is 11.4 Å². The van der Waals surface area contributed by atoms with E-state index in [9.17, 15) is 0 Å². The van der Waals surface area contributed by atoms with E-state index in [1.807, 2.05) is 42.5 Å². The van der Waals surface area contributed by atoms with E-state index in [1.165, 1.54) is 0 Å². The third-order valence-electron chi connectivity index (χ3n) is 4.03. The van der Waals surface area contributed by atoms with Gasteiger partial charge >= 0.3 is 0 Å². The van der Waals surface area contributed by atoms with E-state index in [0.717, 1.165) is 59.6 Å². The zero-order chi connectivity index (χ0) is 16.9.